The normalized spacial score (nSPS) is 16.9. The summed E-state index contributed by atoms with van der Waals surface area (Å²) in [6.45, 7) is 2.29. The summed E-state index contributed by atoms with van der Waals surface area (Å²) in [5, 5.41) is 0.864. The van der Waals surface area contributed by atoms with E-state index in [9.17, 15) is 4.79 Å². The highest BCUT2D eigenvalue weighted by molar-refractivity contribution is 9.13. The maximum Gasteiger partial charge on any atom is 0.264 e. The average molecular weight is 476 g/mol. The third-order valence-electron chi connectivity index (χ3n) is 3.02. The standard InChI is InChI=1S/C12H14Br3NO2S/c13-3-6-18-8-1-4-16(5-2-8)12(17)10-7-9(14)11(15)19-10/h7-8H,1-6H2. The van der Waals surface area contributed by atoms with E-state index in [0.29, 0.717) is 6.10 Å². The van der Waals surface area contributed by atoms with Crippen molar-refractivity contribution in [3.8, 4) is 0 Å². The van der Waals surface area contributed by atoms with Crippen molar-refractivity contribution in [1.82, 2.24) is 4.90 Å². The quantitative estimate of drug-likeness (QED) is 0.608. The van der Waals surface area contributed by atoms with E-state index < -0.39 is 0 Å². The van der Waals surface area contributed by atoms with Crippen molar-refractivity contribution in [2.45, 2.75) is 18.9 Å². The SMILES string of the molecule is O=C(c1cc(Br)c(Br)s1)N1CCC(OCCBr)CC1. The van der Waals surface area contributed by atoms with Gasteiger partial charge in [0.15, 0.2) is 0 Å². The monoisotopic (exact) mass is 473 g/mol. The molecule has 2 rings (SSSR count). The molecule has 0 unspecified atom stereocenters. The molecule has 1 aromatic heterocycles. The summed E-state index contributed by atoms with van der Waals surface area (Å²) in [6.07, 6.45) is 2.14. The van der Waals surface area contributed by atoms with Gasteiger partial charge in [0.05, 0.1) is 21.4 Å². The molecular weight excluding hydrogens is 462 g/mol. The van der Waals surface area contributed by atoms with Gasteiger partial charge in [-0.1, -0.05) is 15.9 Å². The number of carbonyl (C=O) groups is 1. The topological polar surface area (TPSA) is 29.5 Å². The molecule has 3 nitrogen and oxygen atoms in total. The fourth-order valence-electron chi connectivity index (χ4n) is 2.04. The van der Waals surface area contributed by atoms with Gasteiger partial charge in [-0.05, 0) is 50.8 Å². The van der Waals surface area contributed by atoms with Crippen LogP contribution >= 0.6 is 59.1 Å². The number of nitrogens with zero attached hydrogens (tertiary/aromatic N) is 1. The number of amides is 1. The fraction of sp³-hybridized carbons (Fsp3) is 0.583. The molecule has 1 amide bonds. The van der Waals surface area contributed by atoms with Crippen LogP contribution in [0.3, 0.4) is 0 Å². The third kappa shape index (κ3) is 4.27. The average Bonchev–Trinajstić information content (AvgIpc) is 2.76. The molecule has 0 aliphatic carbocycles. The second-order valence-electron chi connectivity index (χ2n) is 4.28. The number of hydrogen-bond acceptors (Lipinski definition) is 3. The summed E-state index contributed by atoms with van der Waals surface area (Å²) >= 11 is 11.7. The zero-order valence-corrected chi connectivity index (χ0v) is 15.8. The second-order valence-corrected chi connectivity index (χ2v) is 8.30. The predicted octanol–water partition coefficient (Wildman–Crippen LogP) is 4.29. The Morgan fingerprint density at radius 1 is 1.42 bits per heavy atom. The maximum atomic E-state index is 12.3. The summed E-state index contributed by atoms with van der Waals surface area (Å²) in [5.41, 5.74) is 0. The first-order valence-corrected chi connectivity index (χ1v) is 9.56. The van der Waals surface area contributed by atoms with Gasteiger partial charge in [0, 0.05) is 22.9 Å². The number of rotatable bonds is 4. The molecule has 1 aliphatic rings. The molecule has 2 heterocycles. The van der Waals surface area contributed by atoms with Crippen LogP contribution in [0.4, 0.5) is 0 Å². The van der Waals surface area contributed by atoms with Gasteiger partial charge in [0.25, 0.3) is 5.91 Å². The minimum Gasteiger partial charge on any atom is -0.377 e. The van der Waals surface area contributed by atoms with Crippen LogP contribution in [0.15, 0.2) is 14.3 Å². The van der Waals surface area contributed by atoms with Gasteiger partial charge in [-0.25, -0.2) is 0 Å². The number of carbonyl (C=O) groups excluding carboxylic acids is 1. The first-order chi connectivity index (χ1) is 9.11. The lowest BCUT2D eigenvalue weighted by Gasteiger charge is -2.31. The Morgan fingerprint density at radius 2 is 2.11 bits per heavy atom. The number of hydrogen-bond donors (Lipinski definition) is 0. The van der Waals surface area contributed by atoms with Crippen molar-refractivity contribution < 1.29 is 9.53 Å². The number of halogens is 3. The van der Waals surface area contributed by atoms with Crippen molar-refractivity contribution in [2.75, 3.05) is 25.0 Å². The molecule has 0 aromatic carbocycles. The molecular formula is C12H14Br3NO2S. The van der Waals surface area contributed by atoms with Crippen molar-refractivity contribution >= 4 is 65.0 Å². The van der Waals surface area contributed by atoms with Crippen LogP contribution in [0.25, 0.3) is 0 Å². The van der Waals surface area contributed by atoms with Crippen LogP contribution in [0.5, 0.6) is 0 Å². The highest BCUT2D eigenvalue weighted by atomic mass is 79.9. The summed E-state index contributed by atoms with van der Waals surface area (Å²) in [7, 11) is 0. The molecule has 1 aromatic rings. The number of ether oxygens (including phenoxy) is 1. The molecule has 0 bridgehead atoms. The molecule has 0 N–H and O–H groups in total. The number of likely N-dealkylation sites (tertiary alicyclic amines) is 1. The molecule has 19 heavy (non-hydrogen) atoms. The van der Waals surface area contributed by atoms with E-state index in [1.165, 1.54) is 11.3 Å². The van der Waals surface area contributed by atoms with E-state index in [1.54, 1.807) is 0 Å². The van der Waals surface area contributed by atoms with Crippen molar-refractivity contribution in [3.63, 3.8) is 0 Å². The number of thiophene rings is 1. The van der Waals surface area contributed by atoms with E-state index >= 15 is 0 Å². The molecule has 106 valence electrons. The van der Waals surface area contributed by atoms with Gasteiger partial charge >= 0.3 is 0 Å². The summed E-state index contributed by atoms with van der Waals surface area (Å²) in [6, 6.07) is 1.88. The molecule has 7 heteroatoms. The lowest BCUT2D eigenvalue weighted by molar-refractivity contribution is 0.0161. The molecule has 0 saturated carbocycles. The molecule has 1 aliphatic heterocycles. The van der Waals surface area contributed by atoms with Crippen LogP contribution in [-0.2, 0) is 4.74 Å². The Bertz CT molecular complexity index is 425. The lowest BCUT2D eigenvalue weighted by atomic mass is 10.1. The second kappa shape index (κ2) is 7.54. The fourth-order valence-corrected chi connectivity index (χ4v) is 4.24. The predicted molar refractivity (Wildman–Crippen MR) is 88.4 cm³/mol. The Labute approximate surface area is 142 Å². The van der Waals surface area contributed by atoms with Gasteiger partial charge in [-0.3, -0.25) is 4.79 Å². The van der Waals surface area contributed by atoms with E-state index in [2.05, 4.69) is 47.8 Å². The zero-order valence-electron chi connectivity index (χ0n) is 10.2. The highest BCUT2D eigenvalue weighted by Gasteiger charge is 2.25. The Kier molecular flexibility index (Phi) is 6.33. The van der Waals surface area contributed by atoms with Crippen LogP contribution in [0.1, 0.15) is 22.5 Å². The number of alkyl halides is 1. The van der Waals surface area contributed by atoms with Crippen molar-refractivity contribution in [1.29, 1.82) is 0 Å². The highest BCUT2D eigenvalue weighted by Crippen LogP contribution is 2.33. The largest absolute Gasteiger partial charge is 0.377 e. The molecule has 0 radical (unpaired) electrons. The summed E-state index contributed by atoms with van der Waals surface area (Å²) in [4.78, 5) is 15.0. The van der Waals surface area contributed by atoms with E-state index in [-0.39, 0.29) is 5.91 Å². The van der Waals surface area contributed by atoms with Crippen LogP contribution in [0.2, 0.25) is 0 Å². The van der Waals surface area contributed by atoms with Crippen LogP contribution in [-0.4, -0.2) is 41.9 Å². The minimum absolute atomic E-state index is 0.121. The first kappa shape index (κ1) is 15.9. The van der Waals surface area contributed by atoms with Gasteiger partial charge in [-0.2, -0.15) is 0 Å². The van der Waals surface area contributed by atoms with E-state index in [4.69, 9.17) is 4.74 Å². The molecule has 1 saturated heterocycles. The number of piperidine rings is 1. The van der Waals surface area contributed by atoms with Gasteiger partial charge < -0.3 is 9.64 Å². The molecule has 0 spiro atoms. The molecule has 1 fully saturated rings. The minimum atomic E-state index is 0.121. The zero-order chi connectivity index (χ0) is 13.8. The van der Waals surface area contributed by atoms with E-state index in [0.717, 1.165) is 51.0 Å². The van der Waals surface area contributed by atoms with Crippen molar-refractivity contribution in [2.24, 2.45) is 0 Å². The Morgan fingerprint density at radius 3 is 2.63 bits per heavy atom. The third-order valence-corrected chi connectivity index (χ3v) is 6.58. The lowest BCUT2D eigenvalue weighted by Crippen LogP contribution is -2.40. The van der Waals surface area contributed by atoms with Crippen LogP contribution < -0.4 is 0 Å². The van der Waals surface area contributed by atoms with Gasteiger partial charge in [0.2, 0.25) is 0 Å². The van der Waals surface area contributed by atoms with Gasteiger partial charge in [0.1, 0.15) is 0 Å². The van der Waals surface area contributed by atoms with E-state index in [1.807, 2.05) is 11.0 Å². The Hall–Kier alpha value is 0.570. The summed E-state index contributed by atoms with van der Waals surface area (Å²) in [5.74, 6) is 0.121. The smallest absolute Gasteiger partial charge is 0.264 e. The van der Waals surface area contributed by atoms with Crippen molar-refractivity contribution in [3.05, 3.63) is 19.2 Å². The first-order valence-electron chi connectivity index (χ1n) is 6.03. The summed E-state index contributed by atoms with van der Waals surface area (Å²) < 4.78 is 7.60. The Balaban J connectivity index is 1.89. The molecule has 0 atom stereocenters. The van der Waals surface area contributed by atoms with Crippen LogP contribution in [0, 0.1) is 0 Å². The van der Waals surface area contributed by atoms with Gasteiger partial charge in [-0.15, -0.1) is 11.3 Å². The maximum absolute atomic E-state index is 12.3.